The number of aliphatic hydroxyl groups excluding tert-OH is 1. The van der Waals surface area contributed by atoms with Crippen molar-refractivity contribution >= 4 is 17.9 Å². The van der Waals surface area contributed by atoms with Gasteiger partial charge in [-0.25, -0.2) is 14.4 Å². The molecule has 2 aliphatic rings. The molecule has 1 aromatic heterocycles. The summed E-state index contributed by atoms with van der Waals surface area (Å²) < 4.78 is 95.2. The second-order valence-corrected chi connectivity index (χ2v) is 10.3. The zero-order chi connectivity index (χ0) is 36.2. The number of aryl methyl sites for hydroxylation is 1. The number of pyridine rings is 1. The van der Waals surface area contributed by atoms with Crippen molar-refractivity contribution in [3.63, 3.8) is 0 Å². The standard InChI is InChI=1S/C22H29N3O.3C2HF3O2/c1-18-6-5-9-21(23-18)16-24-11-10-22(19-7-3-2-4-8-19)17-25(12-13-26)15-20(22)14-24;3*3-2(4,5)1(6)7/h2-9,20,26H,10-17H2,1H3;3*(H,6,7). The maximum atomic E-state index is 10.6. The zero-order valence-electron chi connectivity index (χ0n) is 24.6. The molecule has 0 amide bonds. The van der Waals surface area contributed by atoms with Crippen LogP contribution in [0.15, 0.2) is 48.5 Å². The Morgan fingerprint density at radius 1 is 0.787 bits per heavy atom. The van der Waals surface area contributed by atoms with E-state index >= 15 is 0 Å². The van der Waals surface area contributed by atoms with Crippen molar-refractivity contribution < 1.29 is 74.3 Å². The van der Waals surface area contributed by atoms with Gasteiger partial charge in [-0.15, -0.1) is 0 Å². The lowest BCUT2D eigenvalue weighted by atomic mass is 9.68. The number of β-amino-alcohol motifs (C(OH)–C–C–N with tert-alkyl or cyclic N) is 1. The number of aromatic nitrogens is 1. The van der Waals surface area contributed by atoms with Gasteiger partial charge < -0.3 is 20.4 Å². The fourth-order valence-corrected chi connectivity index (χ4v) is 4.97. The van der Waals surface area contributed by atoms with E-state index in [1.54, 1.807) is 0 Å². The third-order valence-electron chi connectivity index (χ3n) is 6.94. The Kier molecular flexibility index (Phi) is 15.1. The first-order valence-corrected chi connectivity index (χ1v) is 13.5. The highest BCUT2D eigenvalue weighted by atomic mass is 19.4. The molecule has 0 saturated carbocycles. The average molecular weight is 694 g/mol. The van der Waals surface area contributed by atoms with Gasteiger partial charge in [0.25, 0.3) is 0 Å². The maximum Gasteiger partial charge on any atom is 0.490 e. The number of piperidine rings is 1. The monoisotopic (exact) mass is 693 g/mol. The number of halogens is 9. The molecule has 1 aromatic carbocycles. The Hall–Kier alpha value is -3.97. The molecule has 19 heteroatoms. The van der Waals surface area contributed by atoms with Crippen LogP contribution in [0.2, 0.25) is 0 Å². The Bertz CT molecular complexity index is 1250. The number of carboxylic acid groups (broad SMARTS) is 3. The molecular weight excluding hydrogens is 661 g/mol. The van der Waals surface area contributed by atoms with Crippen molar-refractivity contribution in [3.05, 3.63) is 65.5 Å². The first-order chi connectivity index (χ1) is 21.5. The molecule has 0 radical (unpaired) electrons. The predicted molar refractivity (Wildman–Crippen MR) is 145 cm³/mol. The summed E-state index contributed by atoms with van der Waals surface area (Å²) in [5, 5.41) is 30.8. The van der Waals surface area contributed by atoms with Gasteiger partial charge in [0.1, 0.15) is 0 Å². The molecule has 0 bridgehead atoms. The van der Waals surface area contributed by atoms with Crippen LogP contribution < -0.4 is 0 Å². The van der Waals surface area contributed by atoms with Crippen LogP contribution in [-0.2, 0) is 26.3 Å². The Morgan fingerprint density at radius 3 is 1.68 bits per heavy atom. The topological polar surface area (TPSA) is 152 Å². The number of hydrogen-bond acceptors (Lipinski definition) is 7. The van der Waals surface area contributed by atoms with Crippen molar-refractivity contribution in [2.24, 2.45) is 5.92 Å². The van der Waals surface area contributed by atoms with Crippen LogP contribution in [0.1, 0.15) is 23.4 Å². The third kappa shape index (κ3) is 13.7. The number of aliphatic hydroxyl groups is 1. The van der Waals surface area contributed by atoms with E-state index in [2.05, 4.69) is 70.2 Å². The molecule has 4 rings (SSSR count). The SMILES string of the molecule is Cc1cccc(CN2CCC3(c4ccccc4)CN(CCO)CC3C2)n1.O=C(O)C(F)(F)F.O=C(O)C(F)(F)F.O=C(O)C(F)(F)F. The van der Waals surface area contributed by atoms with Gasteiger partial charge in [0.15, 0.2) is 0 Å². The van der Waals surface area contributed by atoms with Gasteiger partial charge in [-0.1, -0.05) is 36.4 Å². The molecule has 2 saturated heterocycles. The number of rotatable bonds is 5. The Morgan fingerprint density at radius 2 is 1.26 bits per heavy atom. The van der Waals surface area contributed by atoms with Gasteiger partial charge in [0.05, 0.1) is 12.3 Å². The lowest BCUT2D eigenvalue weighted by molar-refractivity contribution is -0.193. The van der Waals surface area contributed by atoms with Crippen LogP contribution in [0.4, 0.5) is 39.5 Å². The van der Waals surface area contributed by atoms with E-state index in [0.717, 1.165) is 45.0 Å². The van der Waals surface area contributed by atoms with E-state index in [0.29, 0.717) is 5.92 Å². The van der Waals surface area contributed by atoms with E-state index in [9.17, 15) is 44.6 Å². The number of nitrogens with zero attached hydrogens (tertiary/aromatic N) is 3. The van der Waals surface area contributed by atoms with Crippen LogP contribution in [0.25, 0.3) is 0 Å². The molecule has 264 valence electrons. The highest BCUT2D eigenvalue weighted by Gasteiger charge is 2.50. The van der Waals surface area contributed by atoms with Crippen molar-refractivity contribution in [1.29, 1.82) is 0 Å². The lowest BCUT2D eigenvalue weighted by Gasteiger charge is -2.44. The van der Waals surface area contributed by atoms with E-state index in [-0.39, 0.29) is 12.0 Å². The summed E-state index contributed by atoms with van der Waals surface area (Å²) in [6, 6.07) is 17.3. The summed E-state index contributed by atoms with van der Waals surface area (Å²) >= 11 is 0. The molecule has 2 aliphatic heterocycles. The first kappa shape index (κ1) is 41.1. The number of alkyl halides is 9. The van der Waals surface area contributed by atoms with E-state index < -0.39 is 36.4 Å². The largest absolute Gasteiger partial charge is 0.490 e. The number of carboxylic acids is 3. The summed E-state index contributed by atoms with van der Waals surface area (Å²) in [4.78, 5) is 36.4. The Balaban J connectivity index is 0.000000430. The van der Waals surface area contributed by atoms with Crippen molar-refractivity contribution in [3.8, 4) is 0 Å². The van der Waals surface area contributed by atoms with Crippen LogP contribution >= 0.6 is 0 Å². The highest BCUT2D eigenvalue weighted by molar-refractivity contribution is 5.73. The number of aliphatic carboxylic acids is 3. The molecule has 2 atom stereocenters. The van der Waals surface area contributed by atoms with Crippen LogP contribution in [0, 0.1) is 12.8 Å². The minimum Gasteiger partial charge on any atom is -0.475 e. The van der Waals surface area contributed by atoms with Crippen LogP contribution in [0.3, 0.4) is 0 Å². The molecule has 0 spiro atoms. The quantitative estimate of drug-likeness (QED) is 0.333. The molecule has 2 unspecified atom stereocenters. The summed E-state index contributed by atoms with van der Waals surface area (Å²) in [7, 11) is 0. The maximum absolute atomic E-state index is 10.6. The normalized spacial score (nSPS) is 19.9. The van der Waals surface area contributed by atoms with Gasteiger partial charge in [0.2, 0.25) is 0 Å². The van der Waals surface area contributed by atoms with Crippen molar-refractivity contribution in [1.82, 2.24) is 14.8 Å². The van der Waals surface area contributed by atoms with Gasteiger partial charge in [-0.2, -0.15) is 39.5 Å². The van der Waals surface area contributed by atoms with Gasteiger partial charge in [-0.05, 0) is 43.5 Å². The zero-order valence-corrected chi connectivity index (χ0v) is 24.6. The fraction of sp³-hybridized carbons (Fsp3) is 0.500. The van der Waals surface area contributed by atoms with Crippen LogP contribution in [-0.4, -0.2) is 111 Å². The Labute approximate surface area is 262 Å². The molecule has 4 N–H and O–H groups in total. The number of likely N-dealkylation sites (tertiary alicyclic amines) is 2. The van der Waals surface area contributed by atoms with Gasteiger partial charge in [-0.3, -0.25) is 14.8 Å². The molecule has 0 aliphatic carbocycles. The molecule has 2 aromatic rings. The second-order valence-electron chi connectivity index (χ2n) is 10.3. The summed E-state index contributed by atoms with van der Waals surface area (Å²) in [5.41, 5.74) is 3.96. The van der Waals surface area contributed by atoms with Crippen LogP contribution in [0.5, 0.6) is 0 Å². The van der Waals surface area contributed by atoms with Crippen molar-refractivity contribution in [2.45, 2.75) is 43.8 Å². The summed E-state index contributed by atoms with van der Waals surface area (Å²) in [5.74, 6) is -7.66. The number of benzene rings is 1. The predicted octanol–water partition coefficient (Wildman–Crippen LogP) is 4.36. The molecule has 47 heavy (non-hydrogen) atoms. The first-order valence-electron chi connectivity index (χ1n) is 13.5. The molecule has 2 fully saturated rings. The lowest BCUT2D eigenvalue weighted by Crippen LogP contribution is -2.49. The third-order valence-corrected chi connectivity index (χ3v) is 6.94. The second kappa shape index (κ2) is 17.3. The molecule has 10 nitrogen and oxygen atoms in total. The number of hydrogen-bond donors (Lipinski definition) is 4. The minimum atomic E-state index is -5.08. The average Bonchev–Trinajstić information content (AvgIpc) is 3.32. The smallest absolute Gasteiger partial charge is 0.475 e. The highest BCUT2D eigenvalue weighted by Crippen LogP contribution is 2.45. The minimum absolute atomic E-state index is 0.229. The number of fused-ring (bicyclic) bond motifs is 1. The van der Waals surface area contributed by atoms with E-state index in [1.165, 1.54) is 17.7 Å². The van der Waals surface area contributed by atoms with Gasteiger partial charge >= 0.3 is 36.4 Å². The summed E-state index contributed by atoms with van der Waals surface area (Å²) in [6.45, 7) is 8.37. The van der Waals surface area contributed by atoms with E-state index in [4.69, 9.17) is 29.7 Å². The molecular formula is C28H32F9N3O7. The van der Waals surface area contributed by atoms with E-state index in [1.807, 2.05) is 0 Å². The summed E-state index contributed by atoms with van der Waals surface area (Å²) in [6.07, 6.45) is -14.1. The van der Waals surface area contributed by atoms with Crippen molar-refractivity contribution in [2.75, 3.05) is 39.3 Å². The molecule has 3 heterocycles. The number of carbonyl (C=O) groups is 3. The van der Waals surface area contributed by atoms with Gasteiger partial charge in [0, 0.05) is 43.8 Å². The fourth-order valence-electron chi connectivity index (χ4n) is 4.97.